The number of carbonyl (C=O) groups excluding carboxylic acids is 1. The fourth-order valence-electron chi connectivity index (χ4n) is 2.23. The highest BCUT2D eigenvalue weighted by atomic mass is 16.1. The van der Waals surface area contributed by atoms with E-state index >= 15 is 0 Å². The third kappa shape index (κ3) is 4.31. The smallest absolute Gasteiger partial charge is 0.240 e. The Hall–Kier alpha value is -1.40. The summed E-state index contributed by atoms with van der Waals surface area (Å²) in [6.07, 6.45) is 3.45. The number of likely N-dealkylation sites (N-methyl/N-ethyl adjacent to an activating group) is 1. The molecule has 0 aliphatic heterocycles. The molecule has 6 nitrogen and oxygen atoms in total. The van der Waals surface area contributed by atoms with Crippen LogP contribution in [-0.2, 0) is 4.79 Å². The van der Waals surface area contributed by atoms with Gasteiger partial charge in [0, 0.05) is 19.1 Å². The maximum absolute atomic E-state index is 11.7. The Kier molecular flexibility index (Phi) is 6.67. The van der Waals surface area contributed by atoms with Gasteiger partial charge in [-0.25, -0.2) is 4.98 Å². The second kappa shape index (κ2) is 8.01. The number of rotatable bonds is 9. The molecule has 1 amide bonds. The second-order valence-corrected chi connectivity index (χ2v) is 5.14. The van der Waals surface area contributed by atoms with E-state index in [-0.39, 0.29) is 11.9 Å². The van der Waals surface area contributed by atoms with Crippen molar-refractivity contribution < 1.29 is 4.79 Å². The maximum Gasteiger partial charge on any atom is 0.240 e. The molecule has 1 rings (SSSR count). The first-order chi connectivity index (χ1) is 9.51. The molecule has 1 aromatic rings. The molecule has 0 saturated heterocycles. The molecule has 0 fully saturated rings. The van der Waals surface area contributed by atoms with E-state index in [4.69, 9.17) is 5.73 Å². The van der Waals surface area contributed by atoms with Gasteiger partial charge in [-0.3, -0.25) is 10.1 Å². The van der Waals surface area contributed by atoms with Crippen molar-refractivity contribution in [3.8, 4) is 0 Å². The summed E-state index contributed by atoms with van der Waals surface area (Å²) in [7, 11) is 0. The van der Waals surface area contributed by atoms with Crippen LogP contribution in [0.2, 0.25) is 0 Å². The van der Waals surface area contributed by atoms with Crippen LogP contribution in [0.1, 0.15) is 45.5 Å². The van der Waals surface area contributed by atoms with Crippen molar-refractivity contribution in [3.05, 3.63) is 18.2 Å². The summed E-state index contributed by atoms with van der Waals surface area (Å²) in [6.45, 7) is 12.0. The Morgan fingerprint density at radius 2 is 2.10 bits per heavy atom. The van der Waals surface area contributed by atoms with Crippen LogP contribution in [0.4, 0.5) is 0 Å². The first kappa shape index (κ1) is 16.7. The van der Waals surface area contributed by atoms with Gasteiger partial charge in [-0.2, -0.15) is 0 Å². The van der Waals surface area contributed by atoms with E-state index in [2.05, 4.69) is 42.9 Å². The van der Waals surface area contributed by atoms with Crippen LogP contribution in [0, 0.1) is 0 Å². The minimum absolute atomic E-state index is 0.249. The van der Waals surface area contributed by atoms with Crippen LogP contribution >= 0.6 is 0 Å². The van der Waals surface area contributed by atoms with Gasteiger partial charge in [0.15, 0.2) is 0 Å². The maximum atomic E-state index is 11.7. The van der Waals surface area contributed by atoms with Crippen molar-refractivity contribution in [2.24, 2.45) is 5.73 Å². The number of hydrogen-bond donors (Lipinski definition) is 2. The summed E-state index contributed by atoms with van der Waals surface area (Å²) >= 11 is 0. The molecule has 1 atom stereocenters. The lowest BCUT2D eigenvalue weighted by Crippen LogP contribution is -2.39. The first-order valence-corrected chi connectivity index (χ1v) is 7.28. The Morgan fingerprint density at radius 3 is 2.60 bits per heavy atom. The lowest BCUT2D eigenvalue weighted by Gasteiger charge is -2.22. The Labute approximate surface area is 121 Å². The van der Waals surface area contributed by atoms with Crippen molar-refractivity contribution in [2.75, 3.05) is 26.2 Å². The van der Waals surface area contributed by atoms with Gasteiger partial charge in [0.05, 0.1) is 18.2 Å². The van der Waals surface area contributed by atoms with Crippen molar-refractivity contribution >= 4 is 5.91 Å². The normalized spacial score (nSPS) is 13.1. The highest BCUT2D eigenvalue weighted by Crippen LogP contribution is 2.16. The lowest BCUT2D eigenvalue weighted by molar-refractivity contribution is -0.120. The molecule has 0 aromatic carbocycles. The third-order valence-corrected chi connectivity index (χ3v) is 3.50. The van der Waals surface area contributed by atoms with Crippen LogP contribution in [0.15, 0.2) is 12.5 Å². The van der Waals surface area contributed by atoms with Crippen LogP contribution in [0.5, 0.6) is 0 Å². The number of primary amides is 1. The fourth-order valence-corrected chi connectivity index (χ4v) is 2.23. The average Bonchev–Trinajstić information content (AvgIpc) is 2.87. The van der Waals surface area contributed by atoms with Crippen LogP contribution in [0.25, 0.3) is 0 Å². The summed E-state index contributed by atoms with van der Waals surface area (Å²) in [6, 6.07) is -0.241. The molecule has 20 heavy (non-hydrogen) atoms. The molecular formula is C14H27N5O. The predicted molar refractivity (Wildman–Crippen MR) is 80.3 cm³/mol. The first-order valence-electron chi connectivity index (χ1n) is 7.28. The molecule has 6 heteroatoms. The van der Waals surface area contributed by atoms with Gasteiger partial charge in [0.25, 0.3) is 0 Å². The number of aromatic nitrogens is 2. The molecule has 0 bridgehead atoms. The van der Waals surface area contributed by atoms with Gasteiger partial charge in [-0.15, -0.1) is 0 Å². The molecule has 0 aliphatic carbocycles. The van der Waals surface area contributed by atoms with Gasteiger partial charge in [0.2, 0.25) is 5.91 Å². The number of nitrogens with one attached hydrogen (secondary N) is 1. The van der Waals surface area contributed by atoms with Crippen molar-refractivity contribution in [3.63, 3.8) is 0 Å². The monoisotopic (exact) mass is 281 g/mol. The van der Waals surface area contributed by atoms with Gasteiger partial charge in [0.1, 0.15) is 6.04 Å². The SMILES string of the molecule is CCN(CC)CCNC(C(N)=O)c1cncn1C(C)C. The minimum atomic E-state index is -0.490. The van der Waals surface area contributed by atoms with E-state index in [0.717, 1.165) is 31.9 Å². The molecular weight excluding hydrogens is 254 g/mol. The van der Waals surface area contributed by atoms with Gasteiger partial charge >= 0.3 is 0 Å². The van der Waals surface area contributed by atoms with Gasteiger partial charge in [-0.05, 0) is 26.9 Å². The van der Waals surface area contributed by atoms with Gasteiger partial charge < -0.3 is 15.2 Å². The Morgan fingerprint density at radius 1 is 1.45 bits per heavy atom. The Bertz CT molecular complexity index is 411. The number of carbonyl (C=O) groups is 1. The molecule has 1 aromatic heterocycles. The van der Waals surface area contributed by atoms with Crippen molar-refractivity contribution in [2.45, 2.75) is 39.8 Å². The minimum Gasteiger partial charge on any atom is -0.368 e. The zero-order valence-electron chi connectivity index (χ0n) is 13.0. The molecule has 0 aliphatic rings. The van der Waals surface area contributed by atoms with E-state index in [0.29, 0.717) is 0 Å². The number of nitrogens with two attached hydrogens (primary N) is 1. The van der Waals surface area contributed by atoms with Crippen molar-refractivity contribution in [1.29, 1.82) is 0 Å². The highest BCUT2D eigenvalue weighted by molar-refractivity contribution is 5.80. The predicted octanol–water partition coefficient (Wildman–Crippen LogP) is 0.922. The number of amides is 1. The average molecular weight is 281 g/mol. The lowest BCUT2D eigenvalue weighted by atomic mass is 10.2. The fraction of sp³-hybridized carbons (Fsp3) is 0.714. The standard InChI is InChI=1S/C14H27N5O/c1-5-18(6-2)8-7-17-13(14(15)20)12-9-16-10-19(12)11(3)4/h9-11,13,17H,5-8H2,1-4H3,(H2,15,20). The highest BCUT2D eigenvalue weighted by Gasteiger charge is 2.22. The molecule has 0 spiro atoms. The molecule has 0 saturated carbocycles. The van der Waals surface area contributed by atoms with Crippen molar-refractivity contribution in [1.82, 2.24) is 19.8 Å². The zero-order valence-corrected chi connectivity index (χ0v) is 13.0. The quantitative estimate of drug-likeness (QED) is 0.706. The number of nitrogens with zero attached hydrogens (tertiary/aromatic N) is 3. The van der Waals surface area contributed by atoms with E-state index in [1.165, 1.54) is 0 Å². The zero-order chi connectivity index (χ0) is 15.1. The largest absolute Gasteiger partial charge is 0.368 e. The van der Waals surface area contributed by atoms with Crippen LogP contribution in [0.3, 0.4) is 0 Å². The summed E-state index contributed by atoms with van der Waals surface area (Å²) in [4.78, 5) is 18.1. The topological polar surface area (TPSA) is 76.2 Å². The van der Waals surface area contributed by atoms with Crippen LogP contribution in [-0.4, -0.2) is 46.5 Å². The molecule has 3 N–H and O–H groups in total. The molecule has 114 valence electrons. The number of imidazole rings is 1. The van der Waals surface area contributed by atoms with E-state index in [1.54, 1.807) is 12.5 Å². The second-order valence-electron chi connectivity index (χ2n) is 5.14. The Balaban J connectivity index is 2.70. The van der Waals surface area contributed by atoms with E-state index < -0.39 is 6.04 Å². The molecule has 1 unspecified atom stereocenters. The number of hydrogen-bond acceptors (Lipinski definition) is 4. The summed E-state index contributed by atoms with van der Waals surface area (Å²) in [5.41, 5.74) is 6.35. The summed E-state index contributed by atoms with van der Waals surface area (Å²) < 4.78 is 1.97. The van der Waals surface area contributed by atoms with Gasteiger partial charge in [-0.1, -0.05) is 13.8 Å². The molecule has 0 radical (unpaired) electrons. The summed E-state index contributed by atoms with van der Waals surface area (Å²) in [5.74, 6) is -0.369. The van der Waals surface area contributed by atoms with Crippen LogP contribution < -0.4 is 11.1 Å². The van der Waals surface area contributed by atoms with E-state index in [9.17, 15) is 4.79 Å². The third-order valence-electron chi connectivity index (χ3n) is 3.50. The van der Waals surface area contributed by atoms with E-state index in [1.807, 2.05) is 4.57 Å². The molecule has 1 heterocycles. The summed E-state index contributed by atoms with van der Waals surface area (Å²) in [5, 5.41) is 3.24.